The van der Waals surface area contributed by atoms with Crippen LogP contribution in [0.4, 0.5) is 5.95 Å². The third-order valence-corrected chi connectivity index (χ3v) is 3.55. The fourth-order valence-electron chi connectivity index (χ4n) is 2.53. The van der Waals surface area contributed by atoms with E-state index in [2.05, 4.69) is 25.2 Å². The molecule has 3 rings (SSSR count). The minimum absolute atomic E-state index is 0.467. The zero-order valence-electron chi connectivity index (χ0n) is 11.4. The van der Waals surface area contributed by atoms with Crippen molar-refractivity contribution < 1.29 is 0 Å². The lowest BCUT2D eigenvalue weighted by Crippen LogP contribution is -2.46. The van der Waals surface area contributed by atoms with Gasteiger partial charge in [0.15, 0.2) is 0 Å². The molecular weight excluding hydrogens is 250 g/mol. The van der Waals surface area contributed by atoms with Gasteiger partial charge < -0.3 is 10.2 Å². The first-order chi connectivity index (χ1) is 9.92. The molecule has 1 unspecified atom stereocenters. The second-order valence-corrected chi connectivity index (χ2v) is 5.04. The summed E-state index contributed by atoms with van der Waals surface area (Å²) in [6, 6.07) is 8.33. The Kier molecular flexibility index (Phi) is 4.18. The van der Waals surface area contributed by atoms with Crippen molar-refractivity contribution in [1.29, 1.82) is 0 Å². The maximum Gasteiger partial charge on any atom is 0.225 e. The number of nitrogens with one attached hydrogen (secondary N) is 1. The van der Waals surface area contributed by atoms with E-state index in [9.17, 15) is 0 Å². The average molecular weight is 269 g/mol. The Hall–Kier alpha value is -2.01. The largest absolute Gasteiger partial charge is 0.339 e. The van der Waals surface area contributed by atoms with Gasteiger partial charge in [0.2, 0.25) is 5.95 Å². The Morgan fingerprint density at radius 1 is 1.10 bits per heavy atom. The minimum Gasteiger partial charge on any atom is -0.339 e. The summed E-state index contributed by atoms with van der Waals surface area (Å²) in [5, 5.41) is 3.58. The molecule has 0 aliphatic carbocycles. The van der Waals surface area contributed by atoms with Gasteiger partial charge in [0.25, 0.3) is 0 Å². The van der Waals surface area contributed by atoms with Crippen LogP contribution in [-0.2, 0) is 6.54 Å². The fourth-order valence-corrected chi connectivity index (χ4v) is 2.53. The molecule has 1 fully saturated rings. The topological polar surface area (TPSA) is 53.9 Å². The van der Waals surface area contributed by atoms with Gasteiger partial charge in [0, 0.05) is 44.3 Å². The van der Waals surface area contributed by atoms with E-state index < -0.39 is 0 Å². The lowest BCUT2D eigenvalue weighted by atomic mass is 10.1. The van der Waals surface area contributed by atoms with E-state index in [1.54, 1.807) is 12.4 Å². The Morgan fingerprint density at radius 3 is 2.75 bits per heavy atom. The molecule has 104 valence electrons. The van der Waals surface area contributed by atoms with Gasteiger partial charge in [-0.2, -0.15) is 0 Å². The Morgan fingerprint density at radius 2 is 1.95 bits per heavy atom. The van der Waals surface area contributed by atoms with Crippen molar-refractivity contribution in [1.82, 2.24) is 20.3 Å². The zero-order chi connectivity index (χ0) is 13.6. The minimum atomic E-state index is 0.467. The summed E-state index contributed by atoms with van der Waals surface area (Å²) in [4.78, 5) is 15.2. The Balaban J connectivity index is 1.56. The van der Waals surface area contributed by atoms with E-state index in [4.69, 9.17) is 0 Å². The van der Waals surface area contributed by atoms with Crippen LogP contribution in [0.5, 0.6) is 0 Å². The standard InChI is InChI=1S/C15H19N5/c1-2-7-16-13(5-1)11-19-14-6-3-10-20(12-14)15-17-8-4-9-18-15/h1-2,4-5,7-9,14,19H,3,6,10-12H2. The van der Waals surface area contributed by atoms with E-state index in [1.165, 1.54) is 6.42 Å². The molecule has 1 aliphatic heterocycles. The van der Waals surface area contributed by atoms with Gasteiger partial charge in [-0.1, -0.05) is 6.07 Å². The molecule has 1 N–H and O–H groups in total. The maximum absolute atomic E-state index is 4.34. The Labute approximate surface area is 119 Å². The van der Waals surface area contributed by atoms with Gasteiger partial charge in [-0.15, -0.1) is 0 Å². The predicted octanol–water partition coefficient (Wildman–Crippen LogP) is 1.63. The van der Waals surface area contributed by atoms with Gasteiger partial charge in [-0.3, -0.25) is 4.98 Å². The van der Waals surface area contributed by atoms with Gasteiger partial charge in [0.1, 0.15) is 0 Å². The summed E-state index contributed by atoms with van der Waals surface area (Å²) in [6.45, 7) is 2.80. The molecule has 5 nitrogen and oxygen atoms in total. The van der Waals surface area contributed by atoms with Crippen LogP contribution in [0.2, 0.25) is 0 Å². The molecule has 20 heavy (non-hydrogen) atoms. The highest BCUT2D eigenvalue weighted by Gasteiger charge is 2.21. The number of pyridine rings is 1. The summed E-state index contributed by atoms with van der Waals surface area (Å²) in [6.07, 6.45) is 7.79. The SMILES string of the molecule is c1ccc(CNC2CCCN(c3ncccn3)C2)nc1. The van der Waals surface area contributed by atoms with Crippen LogP contribution in [-0.4, -0.2) is 34.1 Å². The van der Waals surface area contributed by atoms with E-state index >= 15 is 0 Å². The van der Waals surface area contributed by atoms with Crippen molar-refractivity contribution in [2.24, 2.45) is 0 Å². The molecular formula is C15H19N5. The summed E-state index contributed by atoms with van der Waals surface area (Å²) in [5.74, 6) is 0.830. The summed E-state index contributed by atoms with van der Waals surface area (Å²) in [7, 11) is 0. The predicted molar refractivity (Wildman–Crippen MR) is 78.3 cm³/mol. The van der Waals surface area contributed by atoms with Crippen molar-refractivity contribution in [3.05, 3.63) is 48.5 Å². The monoisotopic (exact) mass is 269 g/mol. The molecule has 5 heteroatoms. The molecule has 1 atom stereocenters. The third-order valence-electron chi connectivity index (χ3n) is 3.55. The first-order valence-corrected chi connectivity index (χ1v) is 7.07. The summed E-state index contributed by atoms with van der Waals surface area (Å²) >= 11 is 0. The second kappa shape index (κ2) is 6.43. The summed E-state index contributed by atoms with van der Waals surface area (Å²) in [5.41, 5.74) is 1.08. The molecule has 1 saturated heterocycles. The molecule has 0 aromatic carbocycles. The van der Waals surface area contributed by atoms with Crippen LogP contribution >= 0.6 is 0 Å². The zero-order valence-corrected chi connectivity index (χ0v) is 11.4. The lowest BCUT2D eigenvalue weighted by Gasteiger charge is -2.33. The maximum atomic E-state index is 4.34. The van der Waals surface area contributed by atoms with E-state index in [0.29, 0.717) is 6.04 Å². The quantitative estimate of drug-likeness (QED) is 0.914. The number of rotatable bonds is 4. The normalized spacial score (nSPS) is 19.0. The number of piperidine rings is 1. The number of aromatic nitrogens is 3. The number of nitrogens with zero attached hydrogens (tertiary/aromatic N) is 4. The van der Waals surface area contributed by atoms with E-state index in [1.807, 2.05) is 30.5 Å². The van der Waals surface area contributed by atoms with Crippen LogP contribution in [0.3, 0.4) is 0 Å². The van der Waals surface area contributed by atoms with Crippen LogP contribution in [0.25, 0.3) is 0 Å². The van der Waals surface area contributed by atoms with Gasteiger partial charge in [0.05, 0.1) is 5.69 Å². The number of hydrogen-bond acceptors (Lipinski definition) is 5. The van der Waals surface area contributed by atoms with Crippen molar-refractivity contribution in [2.75, 3.05) is 18.0 Å². The van der Waals surface area contributed by atoms with Crippen molar-refractivity contribution >= 4 is 5.95 Å². The molecule has 0 radical (unpaired) electrons. The molecule has 0 spiro atoms. The first kappa shape index (κ1) is 13.0. The van der Waals surface area contributed by atoms with E-state index in [-0.39, 0.29) is 0 Å². The fraction of sp³-hybridized carbons (Fsp3) is 0.400. The Bertz CT molecular complexity index is 516. The highest BCUT2D eigenvalue weighted by Crippen LogP contribution is 2.15. The van der Waals surface area contributed by atoms with Crippen LogP contribution < -0.4 is 10.2 Å². The number of hydrogen-bond donors (Lipinski definition) is 1. The van der Waals surface area contributed by atoms with Gasteiger partial charge in [-0.05, 0) is 31.0 Å². The molecule has 0 amide bonds. The smallest absolute Gasteiger partial charge is 0.225 e. The molecule has 0 bridgehead atoms. The second-order valence-electron chi connectivity index (χ2n) is 5.04. The summed E-state index contributed by atoms with van der Waals surface area (Å²) < 4.78 is 0. The molecule has 3 heterocycles. The van der Waals surface area contributed by atoms with Gasteiger partial charge in [-0.25, -0.2) is 9.97 Å². The lowest BCUT2D eigenvalue weighted by molar-refractivity contribution is 0.416. The van der Waals surface area contributed by atoms with Crippen molar-refractivity contribution in [2.45, 2.75) is 25.4 Å². The molecule has 2 aromatic rings. The van der Waals surface area contributed by atoms with Crippen molar-refractivity contribution in [3.63, 3.8) is 0 Å². The van der Waals surface area contributed by atoms with Crippen molar-refractivity contribution in [3.8, 4) is 0 Å². The van der Waals surface area contributed by atoms with Crippen LogP contribution in [0.1, 0.15) is 18.5 Å². The third kappa shape index (κ3) is 3.30. The van der Waals surface area contributed by atoms with E-state index in [0.717, 1.165) is 37.7 Å². The molecule has 0 saturated carbocycles. The highest BCUT2D eigenvalue weighted by atomic mass is 15.3. The van der Waals surface area contributed by atoms with Crippen LogP contribution in [0.15, 0.2) is 42.9 Å². The first-order valence-electron chi connectivity index (χ1n) is 7.07. The average Bonchev–Trinajstić information content (AvgIpc) is 2.55. The number of anilines is 1. The molecule has 2 aromatic heterocycles. The highest BCUT2D eigenvalue weighted by molar-refractivity contribution is 5.29. The van der Waals surface area contributed by atoms with Crippen LogP contribution in [0, 0.1) is 0 Å². The van der Waals surface area contributed by atoms with Gasteiger partial charge >= 0.3 is 0 Å². The molecule has 1 aliphatic rings.